The minimum absolute atomic E-state index is 0.00244. The molecule has 1 N–H and O–H groups in total. The third-order valence-corrected chi connectivity index (χ3v) is 3.63. The Kier molecular flexibility index (Phi) is 3.82. The van der Waals surface area contributed by atoms with Gasteiger partial charge in [0.1, 0.15) is 5.60 Å². The molecule has 0 aromatic heterocycles. The van der Waals surface area contributed by atoms with Gasteiger partial charge in [0.05, 0.1) is 12.6 Å². The molecular weight excluding hydrogens is 232 g/mol. The summed E-state index contributed by atoms with van der Waals surface area (Å²) in [6.07, 6.45) is 2.02. The van der Waals surface area contributed by atoms with Crippen LogP contribution in [-0.4, -0.2) is 64.9 Å². The van der Waals surface area contributed by atoms with E-state index in [1.165, 1.54) is 6.42 Å². The van der Waals surface area contributed by atoms with Gasteiger partial charge in [0.2, 0.25) is 0 Å². The molecule has 0 radical (unpaired) electrons. The van der Waals surface area contributed by atoms with Crippen molar-refractivity contribution in [1.29, 1.82) is 0 Å². The van der Waals surface area contributed by atoms with Crippen molar-refractivity contribution in [3.63, 3.8) is 0 Å². The molecule has 2 aliphatic heterocycles. The highest BCUT2D eigenvalue weighted by atomic mass is 16.6. The van der Waals surface area contributed by atoms with Crippen LogP contribution in [0.4, 0.5) is 4.79 Å². The lowest BCUT2D eigenvalue weighted by Crippen LogP contribution is -2.59. The molecule has 2 aliphatic rings. The molecule has 1 amide bonds. The van der Waals surface area contributed by atoms with Crippen LogP contribution >= 0.6 is 0 Å². The van der Waals surface area contributed by atoms with Crippen molar-refractivity contribution in [2.24, 2.45) is 0 Å². The number of aliphatic hydroxyl groups excluding tert-OH is 1. The number of aliphatic hydroxyl groups is 1. The summed E-state index contributed by atoms with van der Waals surface area (Å²) >= 11 is 0. The second-order valence-electron chi connectivity index (χ2n) is 6.26. The first kappa shape index (κ1) is 13.6. The molecule has 2 fully saturated rings. The third kappa shape index (κ3) is 2.95. The Morgan fingerprint density at radius 3 is 2.72 bits per heavy atom. The van der Waals surface area contributed by atoms with Crippen LogP contribution in [-0.2, 0) is 4.74 Å². The molecule has 0 aliphatic carbocycles. The molecule has 18 heavy (non-hydrogen) atoms. The Bertz CT molecular complexity index is 314. The number of hydrogen-bond acceptors (Lipinski definition) is 4. The van der Waals surface area contributed by atoms with Gasteiger partial charge in [-0.3, -0.25) is 4.90 Å². The second kappa shape index (κ2) is 5.05. The van der Waals surface area contributed by atoms with Gasteiger partial charge in [-0.15, -0.1) is 0 Å². The van der Waals surface area contributed by atoms with E-state index in [1.54, 1.807) is 4.90 Å². The van der Waals surface area contributed by atoms with Crippen LogP contribution in [0.1, 0.15) is 33.6 Å². The third-order valence-electron chi connectivity index (χ3n) is 3.63. The van der Waals surface area contributed by atoms with Crippen molar-refractivity contribution in [3.8, 4) is 0 Å². The van der Waals surface area contributed by atoms with Crippen molar-refractivity contribution in [1.82, 2.24) is 9.80 Å². The van der Waals surface area contributed by atoms with E-state index in [-0.39, 0.29) is 18.7 Å². The first-order valence-corrected chi connectivity index (χ1v) is 6.75. The normalized spacial score (nSPS) is 29.2. The first-order valence-electron chi connectivity index (χ1n) is 6.75. The highest BCUT2D eigenvalue weighted by Gasteiger charge is 2.39. The van der Waals surface area contributed by atoms with Crippen LogP contribution in [0.5, 0.6) is 0 Å². The van der Waals surface area contributed by atoms with Crippen LogP contribution in [0.25, 0.3) is 0 Å². The molecule has 5 heteroatoms. The van der Waals surface area contributed by atoms with Crippen LogP contribution in [0.15, 0.2) is 0 Å². The molecule has 2 rings (SSSR count). The summed E-state index contributed by atoms with van der Waals surface area (Å²) < 4.78 is 5.42. The van der Waals surface area contributed by atoms with E-state index in [4.69, 9.17) is 4.74 Å². The predicted molar refractivity (Wildman–Crippen MR) is 68.4 cm³/mol. The molecule has 0 aromatic rings. The van der Waals surface area contributed by atoms with Gasteiger partial charge in [0.15, 0.2) is 0 Å². The van der Waals surface area contributed by atoms with Gasteiger partial charge in [-0.05, 0) is 40.2 Å². The van der Waals surface area contributed by atoms with Crippen molar-refractivity contribution in [2.45, 2.75) is 51.3 Å². The molecule has 0 unspecified atom stereocenters. The quantitative estimate of drug-likeness (QED) is 0.762. The summed E-state index contributed by atoms with van der Waals surface area (Å²) in [7, 11) is 0. The Morgan fingerprint density at radius 1 is 1.39 bits per heavy atom. The number of amides is 1. The zero-order valence-corrected chi connectivity index (χ0v) is 11.6. The maximum Gasteiger partial charge on any atom is 0.410 e. The fourth-order valence-corrected chi connectivity index (χ4v) is 2.79. The van der Waals surface area contributed by atoms with Gasteiger partial charge in [-0.25, -0.2) is 4.79 Å². The molecule has 0 bridgehead atoms. The SMILES string of the molecule is CC(C)(C)OC(=O)N1C[C@H]2CCCN2C[C@@H]1CO. The smallest absolute Gasteiger partial charge is 0.410 e. The van der Waals surface area contributed by atoms with Crippen LogP contribution < -0.4 is 0 Å². The lowest BCUT2D eigenvalue weighted by molar-refractivity contribution is -0.0193. The highest BCUT2D eigenvalue weighted by Crippen LogP contribution is 2.25. The van der Waals surface area contributed by atoms with E-state index in [9.17, 15) is 9.90 Å². The van der Waals surface area contributed by atoms with Crippen LogP contribution in [0.2, 0.25) is 0 Å². The highest BCUT2D eigenvalue weighted by molar-refractivity contribution is 5.69. The van der Waals surface area contributed by atoms with Gasteiger partial charge in [0.25, 0.3) is 0 Å². The molecule has 2 atom stereocenters. The molecular formula is C13H24N2O3. The number of hydrogen-bond donors (Lipinski definition) is 1. The van der Waals surface area contributed by atoms with E-state index < -0.39 is 5.60 Å². The largest absolute Gasteiger partial charge is 0.444 e. The Labute approximate surface area is 109 Å². The molecule has 0 spiro atoms. The van der Waals surface area contributed by atoms with Crippen molar-refractivity contribution in [2.75, 3.05) is 26.2 Å². The minimum Gasteiger partial charge on any atom is -0.444 e. The second-order valence-corrected chi connectivity index (χ2v) is 6.26. The van der Waals surface area contributed by atoms with Crippen molar-refractivity contribution in [3.05, 3.63) is 0 Å². The summed E-state index contributed by atoms with van der Waals surface area (Å²) in [5.41, 5.74) is -0.482. The summed E-state index contributed by atoms with van der Waals surface area (Å²) in [5, 5.41) is 9.45. The molecule has 2 saturated heterocycles. The fraction of sp³-hybridized carbons (Fsp3) is 0.923. The lowest BCUT2D eigenvalue weighted by atomic mass is 10.1. The molecule has 0 aromatic carbocycles. The molecule has 104 valence electrons. The Morgan fingerprint density at radius 2 is 2.11 bits per heavy atom. The topological polar surface area (TPSA) is 53.0 Å². The summed E-state index contributed by atoms with van der Waals surface area (Å²) in [5.74, 6) is 0. The van der Waals surface area contributed by atoms with Crippen molar-refractivity contribution < 1.29 is 14.6 Å². The van der Waals surface area contributed by atoms with Gasteiger partial charge >= 0.3 is 6.09 Å². The number of carbonyl (C=O) groups excluding carboxylic acids is 1. The maximum absolute atomic E-state index is 12.1. The Hall–Kier alpha value is -0.810. The van der Waals surface area contributed by atoms with Gasteiger partial charge in [-0.1, -0.05) is 0 Å². The zero-order chi connectivity index (χ0) is 13.3. The molecule has 5 nitrogen and oxygen atoms in total. The maximum atomic E-state index is 12.1. The zero-order valence-electron chi connectivity index (χ0n) is 11.6. The van der Waals surface area contributed by atoms with E-state index in [0.29, 0.717) is 12.6 Å². The number of ether oxygens (including phenoxy) is 1. The summed E-state index contributed by atoms with van der Waals surface area (Å²) in [6.45, 7) is 8.13. The summed E-state index contributed by atoms with van der Waals surface area (Å²) in [6, 6.07) is 0.314. The number of rotatable bonds is 1. The van der Waals surface area contributed by atoms with Gasteiger partial charge in [-0.2, -0.15) is 0 Å². The summed E-state index contributed by atoms with van der Waals surface area (Å²) in [4.78, 5) is 16.2. The number of piperazine rings is 1. The van der Waals surface area contributed by atoms with E-state index >= 15 is 0 Å². The first-order chi connectivity index (χ1) is 8.40. The monoisotopic (exact) mass is 256 g/mol. The van der Waals surface area contributed by atoms with E-state index in [2.05, 4.69) is 4.90 Å². The average Bonchev–Trinajstić information content (AvgIpc) is 2.71. The van der Waals surface area contributed by atoms with Crippen LogP contribution in [0, 0.1) is 0 Å². The predicted octanol–water partition coefficient (Wildman–Crippen LogP) is 1.06. The van der Waals surface area contributed by atoms with Crippen LogP contribution in [0.3, 0.4) is 0 Å². The van der Waals surface area contributed by atoms with E-state index in [0.717, 1.165) is 19.5 Å². The fourth-order valence-electron chi connectivity index (χ4n) is 2.79. The standard InChI is InChI=1S/C13H24N2O3/c1-13(2,3)18-12(17)15-8-10-5-4-6-14(10)7-11(15)9-16/h10-11,16H,4-9H2,1-3H3/t10-,11-/m1/s1. The molecule has 2 heterocycles. The minimum atomic E-state index is -0.482. The Balaban J connectivity index is 2.03. The van der Waals surface area contributed by atoms with E-state index in [1.807, 2.05) is 20.8 Å². The number of carbonyl (C=O) groups is 1. The average molecular weight is 256 g/mol. The van der Waals surface area contributed by atoms with Gasteiger partial charge in [0, 0.05) is 19.1 Å². The van der Waals surface area contributed by atoms with Crippen molar-refractivity contribution >= 4 is 6.09 Å². The van der Waals surface area contributed by atoms with Gasteiger partial charge < -0.3 is 14.7 Å². The number of nitrogens with zero attached hydrogens (tertiary/aromatic N) is 2. The lowest BCUT2D eigenvalue weighted by Gasteiger charge is -2.43. The molecule has 0 saturated carbocycles. The number of fused-ring (bicyclic) bond motifs is 1.